The second-order valence-corrected chi connectivity index (χ2v) is 6.38. The molecular formula is C23H17N3. The number of hydrogen-bond acceptors (Lipinski definition) is 2. The standard InChI is InChI=1S/C23H17N3/c1-16-22-21(19-14-8-9-15-20(19)24-16)25-23(17-10-4-2-5-11-17)26(22)18-12-6-3-7-13-18/h2-15H,1H3. The van der Waals surface area contributed by atoms with Crippen LogP contribution in [0.5, 0.6) is 0 Å². The highest BCUT2D eigenvalue weighted by Gasteiger charge is 2.18. The number of rotatable bonds is 2. The zero-order valence-electron chi connectivity index (χ0n) is 14.4. The lowest BCUT2D eigenvalue weighted by molar-refractivity contribution is 1.09. The van der Waals surface area contributed by atoms with Crippen molar-refractivity contribution < 1.29 is 0 Å². The number of hydrogen-bond donors (Lipinski definition) is 0. The highest BCUT2D eigenvalue weighted by molar-refractivity contribution is 6.05. The molecule has 0 unspecified atom stereocenters. The lowest BCUT2D eigenvalue weighted by Gasteiger charge is -2.11. The van der Waals surface area contributed by atoms with Crippen LogP contribution in [-0.2, 0) is 0 Å². The van der Waals surface area contributed by atoms with Crippen LogP contribution in [0.4, 0.5) is 0 Å². The Morgan fingerprint density at radius 1 is 0.692 bits per heavy atom. The third-order valence-electron chi connectivity index (χ3n) is 4.71. The number of benzene rings is 3. The van der Waals surface area contributed by atoms with Gasteiger partial charge in [0.15, 0.2) is 0 Å². The fourth-order valence-electron chi connectivity index (χ4n) is 3.56. The third kappa shape index (κ3) is 2.21. The SMILES string of the molecule is Cc1nc2ccccc2c2nc(-c3ccccc3)n(-c3ccccc3)c12. The van der Waals surface area contributed by atoms with E-state index in [1.54, 1.807) is 0 Å². The molecule has 124 valence electrons. The molecule has 5 aromatic rings. The van der Waals surface area contributed by atoms with Gasteiger partial charge < -0.3 is 0 Å². The number of pyridine rings is 1. The first kappa shape index (κ1) is 14.8. The highest BCUT2D eigenvalue weighted by Crippen LogP contribution is 2.33. The molecule has 2 heterocycles. The first-order valence-corrected chi connectivity index (χ1v) is 8.71. The Balaban J connectivity index is 1.98. The Hall–Kier alpha value is -3.46. The largest absolute Gasteiger partial charge is 0.291 e. The molecule has 5 rings (SSSR count). The molecule has 2 aromatic heterocycles. The van der Waals surface area contributed by atoms with Crippen LogP contribution in [0.15, 0.2) is 84.9 Å². The van der Waals surface area contributed by atoms with Gasteiger partial charge in [-0.25, -0.2) is 4.98 Å². The summed E-state index contributed by atoms with van der Waals surface area (Å²) in [5.41, 5.74) is 6.21. The summed E-state index contributed by atoms with van der Waals surface area (Å²) in [6.45, 7) is 2.06. The minimum Gasteiger partial charge on any atom is -0.291 e. The van der Waals surface area contributed by atoms with Crippen LogP contribution in [-0.4, -0.2) is 14.5 Å². The Morgan fingerprint density at radius 3 is 2.12 bits per heavy atom. The first-order chi connectivity index (χ1) is 12.8. The summed E-state index contributed by atoms with van der Waals surface area (Å²) in [6, 6.07) is 28.9. The van der Waals surface area contributed by atoms with Crippen molar-refractivity contribution in [2.24, 2.45) is 0 Å². The van der Waals surface area contributed by atoms with Gasteiger partial charge in [-0.15, -0.1) is 0 Å². The molecule has 0 bridgehead atoms. The van der Waals surface area contributed by atoms with Gasteiger partial charge in [-0.3, -0.25) is 9.55 Å². The van der Waals surface area contributed by atoms with E-state index >= 15 is 0 Å². The topological polar surface area (TPSA) is 30.7 Å². The number of imidazole rings is 1. The molecule has 0 aliphatic heterocycles. The molecule has 0 saturated heterocycles. The van der Waals surface area contributed by atoms with Crippen LogP contribution in [0.2, 0.25) is 0 Å². The molecule has 0 N–H and O–H groups in total. The van der Waals surface area contributed by atoms with Crippen molar-refractivity contribution in [1.29, 1.82) is 0 Å². The monoisotopic (exact) mass is 335 g/mol. The van der Waals surface area contributed by atoms with Crippen LogP contribution >= 0.6 is 0 Å². The van der Waals surface area contributed by atoms with E-state index in [0.29, 0.717) is 0 Å². The molecular weight excluding hydrogens is 318 g/mol. The van der Waals surface area contributed by atoms with Crippen LogP contribution in [0.3, 0.4) is 0 Å². The van der Waals surface area contributed by atoms with E-state index in [4.69, 9.17) is 9.97 Å². The predicted octanol–water partition coefficient (Wildman–Crippen LogP) is 5.55. The van der Waals surface area contributed by atoms with Gasteiger partial charge in [0.2, 0.25) is 0 Å². The van der Waals surface area contributed by atoms with Crippen LogP contribution < -0.4 is 0 Å². The van der Waals surface area contributed by atoms with E-state index < -0.39 is 0 Å². The second kappa shape index (κ2) is 5.81. The molecule has 3 heteroatoms. The molecule has 3 aromatic carbocycles. The summed E-state index contributed by atoms with van der Waals surface area (Å²) in [7, 11) is 0. The van der Waals surface area contributed by atoms with Crippen LogP contribution in [0.25, 0.3) is 39.0 Å². The molecule has 0 aliphatic carbocycles. The van der Waals surface area contributed by atoms with E-state index in [0.717, 1.165) is 44.7 Å². The molecule has 0 radical (unpaired) electrons. The summed E-state index contributed by atoms with van der Waals surface area (Å²) in [4.78, 5) is 9.91. The Labute approximate surface area is 151 Å². The molecule has 0 atom stereocenters. The number of aromatic nitrogens is 3. The lowest BCUT2D eigenvalue weighted by atomic mass is 10.1. The quantitative estimate of drug-likeness (QED) is 0.423. The lowest BCUT2D eigenvalue weighted by Crippen LogP contribution is -1.99. The van der Waals surface area contributed by atoms with Gasteiger partial charge in [0.05, 0.1) is 16.7 Å². The van der Waals surface area contributed by atoms with Crippen molar-refractivity contribution in [3.8, 4) is 17.1 Å². The van der Waals surface area contributed by atoms with Crippen molar-refractivity contribution in [3.63, 3.8) is 0 Å². The number of nitrogens with zero attached hydrogens (tertiary/aromatic N) is 3. The summed E-state index contributed by atoms with van der Waals surface area (Å²) >= 11 is 0. The van der Waals surface area contributed by atoms with E-state index in [2.05, 4.69) is 54.0 Å². The van der Waals surface area contributed by atoms with Gasteiger partial charge in [-0.05, 0) is 25.1 Å². The minimum atomic E-state index is 0.938. The zero-order valence-corrected chi connectivity index (χ0v) is 14.4. The third-order valence-corrected chi connectivity index (χ3v) is 4.71. The summed E-state index contributed by atoms with van der Waals surface area (Å²) < 4.78 is 2.22. The Bertz CT molecular complexity index is 1220. The number of para-hydroxylation sites is 2. The summed E-state index contributed by atoms with van der Waals surface area (Å²) in [5.74, 6) is 0.938. The van der Waals surface area contributed by atoms with Gasteiger partial charge >= 0.3 is 0 Å². The van der Waals surface area contributed by atoms with Crippen molar-refractivity contribution >= 4 is 21.9 Å². The highest BCUT2D eigenvalue weighted by atomic mass is 15.1. The molecule has 26 heavy (non-hydrogen) atoms. The van der Waals surface area contributed by atoms with Gasteiger partial charge in [-0.2, -0.15) is 0 Å². The molecule has 0 saturated carbocycles. The van der Waals surface area contributed by atoms with E-state index in [-0.39, 0.29) is 0 Å². The summed E-state index contributed by atoms with van der Waals surface area (Å²) in [5, 5.41) is 1.08. The second-order valence-electron chi connectivity index (χ2n) is 6.38. The molecule has 3 nitrogen and oxygen atoms in total. The normalized spacial score (nSPS) is 11.3. The van der Waals surface area contributed by atoms with E-state index in [9.17, 15) is 0 Å². The van der Waals surface area contributed by atoms with Crippen molar-refractivity contribution in [2.45, 2.75) is 6.92 Å². The Kier molecular flexibility index (Phi) is 3.32. The average Bonchev–Trinajstić information content (AvgIpc) is 3.11. The maximum absolute atomic E-state index is 5.07. The minimum absolute atomic E-state index is 0.938. The molecule has 0 spiro atoms. The van der Waals surface area contributed by atoms with Crippen LogP contribution in [0.1, 0.15) is 5.69 Å². The maximum atomic E-state index is 5.07. The van der Waals surface area contributed by atoms with Crippen LogP contribution in [0, 0.1) is 6.92 Å². The smallest absolute Gasteiger partial charge is 0.145 e. The van der Waals surface area contributed by atoms with E-state index in [1.807, 2.05) is 42.5 Å². The fraction of sp³-hybridized carbons (Fsp3) is 0.0435. The fourth-order valence-corrected chi connectivity index (χ4v) is 3.56. The van der Waals surface area contributed by atoms with Gasteiger partial charge in [0.1, 0.15) is 11.3 Å². The van der Waals surface area contributed by atoms with Crippen molar-refractivity contribution in [2.75, 3.05) is 0 Å². The molecule has 0 amide bonds. The van der Waals surface area contributed by atoms with Crippen molar-refractivity contribution in [1.82, 2.24) is 14.5 Å². The predicted molar refractivity (Wildman–Crippen MR) is 107 cm³/mol. The molecule has 0 aliphatic rings. The van der Waals surface area contributed by atoms with Gasteiger partial charge in [0, 0.05) is 16.6 Å². The summed E-state index contributed by atoms with van der Waals surface area (Å²) in [6.07, 6.45) is 0. The molecule has 0 fully saturated rings. The van der Waals surface area contributed by atoms with Gasteiger partial charge in [0.25, 0.3) is 0 Å². The maximum Gasteiger partial charge on any atom is 0.145 e. The Morgan fingerprint density at radius 2 is 1.35 bits per heavy atom. The average molecular weight is 335 g/mol. The number of aryl methyl sites for hydroxylation is 1. The van der Waals surface area contributed by atoms with Crippen molar-refractivity contribution in [3.05, 3.63) is 90.6 Å². The van der Waals surface area contributed by atoms with E-state index in [1.165, 1.54) is 0 Å². The number of fused-ring (bicyclic) bond motifs is 3. The van der Waals surface area contributed by atoms with Gasteiger partial charge in [-0.1, -0.05) is 66.7 Å². The zero-order chi connectivity index (χ0) is 17.5. The first-order valence-electron chi connectivity index (χ1n) is 8.71.